The van der Waals surface area contributed by atoms with Crippen molar-refractivity contribution in [3.8, 4) is 0 Å². The molecule has 0 saturated carbocycles. The van der Waals surface area contributed by atoms with E-state index in [0.29, 0.717) is 64.5 Å². The molecule has 0 aliphatic carbocycles. The summed E-state index contributed by atoms with van der Waals surface area (Å²) in [6.07, 6.45) is 9.32. The number of thiol groups is 2. The number of benzene rings is 6. The van der Waals surface area contributed by atoms with Crippen molar-refractivity contribution in [2.24, 2.45) is 34.6 Å². The van der Waals surface area contributed by atoms with Crippen LogP contribution in [0.15, 0.2) is 207 Å². The third-order valence-electron chi connectivity index (χ3n) is 11.9. The van der Waals surface area contributed by atoms with Gasteiger partial charge in [-0.25, -0.2) is 15.6 Å². The van der Waals surface area contributed by atoms with E-state index in [1.165, 1.54) is 15.7 Å². The smallest absolute Gasteiger partial charge is 0.245 e. The number of nitrogens with two attached hydrogens (primary N) is 5. The summed E-state index contributed by atoms with van der Waals surface area (Å²) in [4.78, 5) is 49.7. The first-order chi connectivity index (χ1) is 39.7. The highest BCUT2D eigenvalue weighted by atomic mass is 32.1. The third-order valence-corrected chi connectivity index (χ3v) is 12.4. The minimum absolute atomic E-state index is 0.0500. The maximum atomic E-state index is 11.7. The highest BCUT2D eigenvalue weighted by molar-refractivity contribution is 7.80. The number of nitrogens with one attached hydrogen (secondary N) is 1. The molecule has 0 bridgehead atoms. The molecule has 5 unspecified atom stereocenters. The Balaban J connectivity index is 0.000000359. The van der Waals surface area contributed by atoms with Crippen molar-refractivity contribution in [2.45, 2.75) is 115 Å². The molecule has 0 fully saturated rings. The van der Waals surface area contributed by atoms with E-state index in [1.54, 1.807) is 6.08 Å². The Morgan fingerprint density at radius 3 is 1.21 bits per heavy atom. The second-order valence-electron chi connectivity index (χ2n) is 20.0. The molecule has 0 saturated heterocycles. The average Bonchev–Trinajstić information content (AvgIpc) is 3.50. The number of hydrogen-bond acceptors (Lipinski definition) is 13. The van der Waals surface area contributed by atoms with Crippen LogP contribution < -0.4 is 34.1 Å². The van der Waals surface area contributed by atoms with Crippen LogP contribution in [0, 0.1) is 5.92 Å². The maximum absolute atomic E-state index is 11.7. The maximum Gasteiger partial charge on any atom is 0.245 e. The fourth-order valence-corrected chi connectivity index (χ4v) is 8.42. The molecule has 6 aromatic rings. The van der Waals surface area contributed by atoms with Gasteiger partial charge >= 0.3 is 0 Å². The molecule has 0 heterocycles. The first-order valence-electron chi connectivity index (χ1n) is 27.8. The zero-order valence-corrected chi connectivity index (χ0v) is 50.0. The Morgan fingerprint density at radius 1 is 0.500 bits per heavy atom. The third kappa shape index (κ3) is 37.6. The quantitative estimate of drug-likeness (QED) is 0.00858. The lowest BCUT2D eigenvalue weighted by atomic mass is 10.0. The largest absolute Gasteiger partial charge is 0.327 e. The van der Waals surface area contributed by atoms with Crippen molar-refractivity contribution in [1.29, 1.82) is 0 Å². The van der Waals surface area contributed by atoms with Gasteiger partial charge in [-0.2, -0.15) is 25.3 Å². The number of hydroxylamine groups is 5. The van der Waals surface area contributed by atoms with Crippen LogP contribution in [0.2, 0.25) is 0 Å². The van der Waals surface area contributed by atoms with Crippen molar-refractivity contribution in [3.05, 3.63) is 240 Å². The molecule has 0 aliphatic rings. The second-order valence-corrected chi connectivity index (χ2v) is 20.9. The first-order valence-corrected chi connectivity index (χ1v) is 29.1. The van der Waals surface area contributed by atoms with E-state index in [1.807, 2.05) is 170 Å². The summed E-state index contributed by atoms with van der Waals surface area (Å²) in [5.74, 6) is 2.02. The SMILES string of the molecule is C=CC(=C)CC(N)CCS.CC(C)CC(N)CN(C=O)OCc1ccccc1.NC(CC(=O)NOCc1ccccc1)Cc1ccccc1.NC(CCS)Cc1ccccc1.NC(Cc1ccccc1)CN(C=O)OCc1ccccc1. The van der Waals surface area contributed by atoms with Crippen molar-refractivity contribution >= 4 is 44.0 Å². The summed E-state index contributed by atoms with van der Waals surface area (Å²) in [5, 5.41) is 2.54. The number of allylic oxidation sites excluding steroid dienone is 1. The van der Waals surface area contributed by atoms with Gasteiger partial charge < -0.3 is 28.7 Å². The number of carbonyl (C=O) groups excluding carboxylic acids is 3. The summed E-state index contributed by atoms with van der Waals surface area (Å²) in [6, 6.07) is 59.3. The summed E-state index contributed by atoms with van der Waals surface area (Å²) in [7, 11) is 0. The van der Waals surface area contributed by atoms with E-state index in [-0.39, 0.29) is 42.5 Å². The Bertz CT molecular complexity index is 2530. The van der Waals surface area contributed by atoms with Crippen LogP contribution in [0.25, 0.3) is 0 Å². The Labute approximate surface area is 500 Å². The summed E-state index contributed by atoms with van der Waals surface area (Å²) < 4.78 is 0. The lowest BCUT2D eigenvalue weighted by Gasteiger charge is -2.22. The topological polar surface area (TPSA) is 228 Å². The average molecular weight is 1160 g/mol. The Kier molecular flexibility index (Phi) is 40.3. The predicted octanol–water partition coefficient (Wildman–Crippen LogP) is 9.93. The van der Waals surface area contributed by atoms with E-state index in [4.69, 9.17) is 43.2 Å². The number of amides is 3. The van der Waals surface area contributed by atoms with E-state index in [2.05, 4.69) is 69.9 Å². The lowest BCUT2D eigenvalue weighted by molar-refractivity contribution is -0.179. The molecule has 0 spiro atoms. The number of hydrogen-bond donors (Lipinski definition) is 8. The highest BCUT2D eigenvalue weighted by Gasteiger charge is 2.14. The van der Waals surface area contributed by atoms with Gasteiger partial charge in [-0.3, -0.25) is 28.9 Å². The molecular weight excluding hydrogens is 1060 g/mol. The van der Waals surface area contributed by atoms with Crippen molar-refractivity contribution in [3.63, 3.8) is 0 Å². The molecule has 444 valence electrons. The van der Waals surface area contributed by atoms with E-state index in [0.717, 1.165) is 77.0 Å². The minimum atomic E-state index is -0.215. The molecule has 16 heteroatoms. The molecule has 5 atom stereocenters. The molecule has 11 N–H and O–H groups in total. The molecule has 6 rings (SSSR count). The van der Waals surface area contributed by atoms with E-state index < -0.39 is 0 Å². The van der Waals surface area contributed by atoms with Crippen molar-refractivity contribution < 1.29 is 28.9 Å². The summed E-state index contributed by atoms with van der Waals surface area (Å²) >= 11 is 8.22. The molecule has 0 radical (unpaired) electrons. The Morgan fingerprint density at radius 2 is 0.841 bits per heavy atom. The first kappa shape index (κ1) is 71.7. The molecule has 0 aliphatic heterocycles. The van der Waals surface area contributed by atoms with Crippen molar-refractivity contribution in [2.75, 3.05) is 24.6 Å². The highest BCUT2D eigenvalue weighted by Crippen LogP contribution is 2.10. The molecule has 14 nitrogen and oxygen atoms in total. The van der Waals surface area contributed by atoms with Gasteiger partial charge in [-0.1, -0.05) is 221 Å². The van der Waals surface area contributed by atoms with Gasteiger partial charge in [0.05, 0.1) is 19.7 Å². The van der Waals surface area contributed by atoms with Gasteiger partial charge in [-0.05, 0) is 95.8 Å². The van der Waals surface area contributed by atoms with E-state index >= 15 is 0 Å². The summed E-state index contributed by atoms with van der Waals surface area (Å²) in [5.41, 5.74) is 39.6. The number of rotatable bonds is 32. The second kappa shape index (κ2) is 46.1. The minimum Gasteiger partial charge on any atom is -0.327 e. The summed E-state index contributed by atoms with van der Waals surface area (Å²) in [6.45, 7) is 13.5. The number of nitrogens with zero attached hydrogens (tertiary/aromatic N) is 2. The fourth-order valence-electron chi connectivity index (χ4n) is 7.76. The standard InChI is InChI=1S/2C17H20N2O2.C14H22N2O2.C10H15NS.C8H15NS/c18-17(11-15-7-3-1-4-8-15)12-19(14-20)21-13-16-9-5-2-6-10-16;18-16(11-14-7-3-1-4-8-14)12-17(20)19-21-13-15-9-5-2-6-10-15;1-12(2)8-14(15)9-16(11-17)18-10-13-6-4-3-5-7-13;11-10(6-7-12)8-9-4-2-1-3-5-9;1-3-7(2)6-8(9)4-5-10/h1-10,14,17H,11-13,18H2;1-10,16H,11-13,18H2,(H,19,20);3-7,11-12,14H,8-10,15H2,1-2H3;1-5,10,12H,6-8,11H2;3,8,10H,1-2,4-6,9H2. The number of carbonyl (C=O) groups is 3. The molecule has 82 heavy (non-hydrogen) atoms. The van der Waals surface area contributed by atoms with Crippen LogP contribution in [0.3, 0.4) is 0 Å². The van der Waals surface area contributed by atoms with Gasteiger partial charge in [0.2, 0.25) is 18.7 Å². The zero-order chi connectivity index (χ0) is 60.0. The van der Waals surface area contributed by atoms with Gasteiger partial charge in [0.15, 0.2) is 0 Å². The molecule has 3 amide bonds. The van der Waals surface area contributed by atoms with Gasteiger partial charge in [0.1, 0.15) is 13.2 Å². The van der Waals surface area contributed by atoms with Gasteiger partial charge in [0, 0.05) is 36.6 Å². The van der Waals surface area contributed by atoms with Crippen LogP contribution in [0.4, 0.5) is 0 Å². The predicted molar refractivity (Wildman–Crippen MR) is 343 cm³/mol. The van der Waals surface area contributed by atoms with Crippen LogP contribution in [-0.2, 0) is 68.0 Å². The van der Waals surface area contributed by atoms with E-state index in [9.17, 15) is 14.4 Å². The lowest BCUT2D eigenvalue weighted by Crippen LogP contribution is -2.38. The normalized spacial score (nSPS) is 12.2. The van der Waals surface area contributed by atoms with Crippen molar-refractivity contribution in [1.82, 2.24) is 15.6 Å². The zero-order valence-electron chi connectivity index (χ0n) is 48.2. The molecular formula is C66H92N8O6S2. The Hall–Kier alpha value is -6.41. The molecule has 6 aromatic carbocycles. The van der Waals surface area contributed by atoms with Crippen LogP contribution in [0.1, 0.15) is 79.3 Å². The monoisotopic (exact) mass is 1160 g/mol. The molecule has 0 aromatic heterocycles. The van der Waals surface area contributed by atoms with Gasteiger partial charge in [0.25, 0.3) is 0 Å². The fraction of sp³-hybridized carbons (Fsp3) is 0.348. The van der Waals surface area contributed by atoms with Crippen LogP contribution >= 0.6 is 25.3 Å². The van der Waals surface area contributed by atoms with Crippen LogP contribution in [0.5, 0.6) is 0 Å². The van der Waals surface area contributed by atoms with Gasteiger partial charge in [-0.15, -0.1) is 0 Å². The van der Waals surface area contributed by atoms with Crippen LogP contribution in [-0.4, -0.2) is 83.7 Å².